The minimum absolute atomic E-state index is 0.0601. The van der Waals surface area contributed by atoms with E-state index in [9.17, 15) is 14.7 Å². The Morgan fingerprint density at radius 2 is 2.00 bits per heavy atom. The Bertz CT molecular complexity index is 772. The molecule has 1 amide bonds. The Hall–Kier alpha value is -2.43. The zero-order valence-electron chi connectivity index (χ0n) is 13.3. The normalized spacial score (nSPS) is 21.4. The van der Waals surface area contributed by atoms with E-state index in [-0.39, 0.29) is 18.5 Å². The second kappa shape index (κ2) is 5.99. The summed E-state index contributed by atoms with van der Waals surface area (Å²) in [5, 5.41) is 10.1. The number of carbonyl (C=O) groups excluding carboxylic acids is 1. The molecule has 1 aliphatic rings. The lowest BCUT2D eigenvalue weighted by molar-refractivity contribution is -0.143. The first kappa shape index (κ1) is 15.5. The van der Waals surface area contributed by atoms with Gasteiger partial charge in [-0.1, -0.05) is 6.07 Å². The smallest absolute Gasteiger partial charge is 0.308 e. The van der Waals surface area contributed by atoms with Crippen LogP contribution >= 0.6 is 0 Å². The standard InChI is InChI=1S/C18H20N2O3/c1-11-3-5-13-9-14(7-8-16(13)19-11)17(21)20-10-15(18(22)23)6-4-12(20)2/h3,5,7-9,12,15H,4,6,10H2,1-2H3,(H,22,23). The molecule has 120 valence electrons. The summed E-state index contributed by atoms with van der Waals surface area (Å²) < 4.78 is 0. The van der Waals surface area contributed by atoms with E-state index >= 15 is 0 Å². The molecule has 5 heteroatoms. The van der Waals surface area contributed by atoms with E-state index in [0.717, 1.165) is 23.0 Å². The van der Waals surface area contributed by atoms with Crippen LogP contribution in [0.25, 0.3) is 10.9 Å². The third kappa shape index (κ3) is 3.04. The van der Waals surface area contributed by atoms with Crippen molar-refractivity contribution in [2.75, 3.05) is 6.54 Å². The summed E-state index contributed by atoms with van der Waals surface area (Å²) in [4.78, 5) is 30.1. The first-order valence-electron chi connectivity index (χ1n) is 7.87. The van der Waals surface area contributed by atoms with Gasteiger partial charge in [0.05, 0.1) is 11.4 Å². The highest BCUT2D eigenvalue weighted by Crippen LogP contribution is 2.25. The molecule has 1 aromatic heterocycles. The number of amides is 1. The first-order valence-corrected chi connectivity index (χ1v) is 7.87. The fraction of sp³-hybridized carbons (Fsp3) is 0.389. The van der Waals surface area contributed by atoms with Gasteiger partial charge in [0.25, 0.3) is 5.91 Å². The van der Waals surface area contributed by atoms with Crippen molar-refractivity contribution in [2.45, 2.75) is 32.7 Å². The van der Waals surface area contributed by atoms with E-state index in [1.807, 2.05) is 38.1 Å². The predicted molar refractivity (Wildman–Crippen MR) is 87.3 cm³/mol. The van der Waals surface area contributed by atoms with Crippen LogP contribution in [-0.4, -0.2) is 39.5 Å². The minimum atomic E-state index is -0.826. The third-order valence-corrected chi connectivity index (χ3v) is 4.57. The number of rotatable bonds is 2. The van der Waals surface area contributed by atoms with Crippen LogP contribution in [0.3, 0.4) is 0 Å². The van der Waals surface area contributed by atoms with Crippen molar-refractivity contribution < 1.29 is 14.7 Å². The number of carboxylic acids is 1. The third-order valence-electron chi connectivity index (χ3n) is 4.57. The molecule has 3 rings (SSSR count). The van der Waals surface area contributed by atoms with Crippen LogP contribution < -0.4 is 0 Å². The van der Waals surface area contributed by atoms with Gasteiger partial charge in [-0.25, -0.2) is 0 Å². The highest BCUT2D eigenvalue weighted by Gasteiger charge is 2.32. The summed E-state index contributed by atoms with van der Waals surface area (Å²) >= 11 is 0. The van der Waals surface area contributed by atoms with Gasteiger partial charge in [-0.2, -0.15) is 0 Å². The van der Waals surface area contributed by atoms with E-state index in [1.165, 1.54) is 0 Å². The van der Waals surface area contributed by atoms with E-state index in [2.05, 4.69) is 4.98 Å². The molecule has 0 aliphatic carbocycles. The average Bonchev–Trinajstić information content (AvgIpc) is 2.54. The molecule has 0 saturated carbocycles. The van der Waals surface area contributed by atoms with Crippen LogP contribution in [-0.2, 0) is 4.79 Å². The molecule has 0 bridgehead atoms. The van der Waals surface area contributed by atoms with Crippen molar-refractivity contribution in [3.8, 4) is 0 Å². The molecule has 1 saturated heterocycles. The van der Waals surface area contributed by atoms with Gasteiger partial charge >= 0.3 is 5.97 Å². The van der Waals surface area contributed by atoms with Gasteiger partial charge < -0.3 is 10.0 Å². The number of aryl methyl sites for hydroxylation is 1. The maximum atomic E-state index is 12.8. The number of nitrogens with zero attached hydrogens (tertiary/aromatic N) is 2. The minimum Gasteiger partial charge on any atom is -0.481 e. The van der Waals surface area contributed by atoms with Crippen LogP contribution in [0, 0.1) is 12.8 Å². The maximum Gasteiger partial charge on any atom is 0.308 e. The molecule has 2 unspecified atom stereocenters. The number of carbonyl (C=O) groups is 2. The molecular formula is C18H20N2O3. The first-order chi connectivity index (χ1) is 11.0. The van der Waals surface area contributed by atoms with Crippen molar-refractivity contribution in [1.82, 2.24) is 9.88 Å². The number of piperidine rings is 1. The molecule has 1 aliphatic heterocycles. The van der Waals surface area contributed by atoms with Crippen LogP contribution in [0.2, 0.25) is 0 Å². The fourth-order valence-electron chi connectivity index (χ4n) is 3.12. The highest BCUT2D eigenvalue weighted by atomic mass is 16.4. The van der Waals surface area contributed by atoms with Gasteiger partial charge in [0.15, 0.2) is 0 Å². The molecule has 1 aromatic carbocycles. The predicted octanol–water partition coefficient (Wildman–Crippen LogP) is 2.87. The second-order valence-electron chi connectivity index (χ2n) is 6.28. The number of aromatic nitrogens is 1. The monoisotopic (exact) mass is 312 g/mol. The van der Waals surface area contributed by atoms with E-state index in [0.29, 0.717) is 12.0 Å². The number of aliphatic carboxylic acids is 1. The molecule has 2 heterocycles. The molecule has 0 radical (unpaired) electrons. The van der Waals surface area contributed by atoms with Crippen molar-refractivity contribution >= 4 is 22.8 Å². The lowest BCUT2D eigenvalue weighted by atomic mass is 9.93. The lowest BCUT2D eigenvalue weighted by Crippen LogP contribution is -2.47. The Morgan fingerprint density at radius 3 is 2.74 bits per heavy atom. The van der Waals surface area contributed by atoms with Crippen molar-refractivity contribution in [3.63, 3.8) is 0 Å². The second-order valence-corrected chi connectivity index (χ2v) is 6.28. The fourth-order valence-corrected chi connectivity index (χ4v) is 3.12. The highest BCUT2D eigenvalue weighted by molar-refractivity contribution is 5.98. The van der Waals surface area contributed by atoms with Crippen molar-refractivity contribution in [1.29, 1.82) is 0 Å². The average molecular weight is 312 g/mol. The molecule has 2 atom stereocenters. The largest absolute Gasteiger partial charge is 0.481 e. The molecule has 5 nitrogen and oxygen atoms in total. The van der Waals surface area contributed by atoms with Gasteiger partial charge in [0.1, 0.15) is 0 Å². The van der Waals surface area contributed by atoms with Crippen LogP contribution in [0.1, 0.15) is 35.8 Å². The lowest BCUT2D eigenvalue weighted by Gasteiger charge is -2.36. The number of benzene rings is 1. The SMILES string of the molecule is Cc1ccc2cc(C(=O)N3CC(C(=O)O)CCC3C)ccc2n1. The van der Waals surface area contributed by atoms with Gasteiger partial charge in [-0.15, -0.1) is 0 Å². The Morgan fingerprint density at radius 1 is 1.22 bits per heavy atom. The number of fused-ring (bicyclic) bond motifs is 1. The summed E-state index contributed by atoms with van der Waals surface area (Å²) in [6, 6.07) is 9.38. The summed E-state index contributed by atoms with van der Waals surface area (Å²) in [5.74, 6) is -1.40. The van der Waals surface area contributed by atoms with Crippen LogP contribution in [0.5, 0.6) is 0 Å². The van der Waals surface area contributed by atoms with Gasteiger partial charge in [0.2, 0.25) is 0 Å². The molecule has 2 aromatic rings. The molecule has 1 fully saturated rings. The number of hydrogen-bond donors (Lipinski definition) is 1. The number of hydrogen-bond acceptors (Lipinski definition) is 3. The summed E-state index contributed by atoms with van der Waals surface area (Å²) in [5.41, 5.74) is 2.38. The maximum absolute atomic E-state index is 12.8. The number of pyridine rings is 1. The van der Waals surface area contributed by atoms with E-state index in [1.54, 1.807) is 11.0 Å². The molecule has 23 heavy (non-hydrogen) atoms. The Balaban J connectivity index is 1.89. The quantitative estimate of drug-likeness (QED) is 0.925. The van der Waals surface area contributed by atoms with Gasteiger partial charge in [-0.3, -0.25) is 14.6 Å². The summed E-state index contributed by atoms with van der Waals surface area (Å²) in [7, 11) is 0. The van der Waals surface area contributed by atoms with Gasteiger partial charge in [0, 0.05) is 29.2 Å². The molecular weight excluding hydrogens is 292 g/mol. The van der Waals surface area contributed by atoms with Crippen molar-refractivity contribution in [2.24, 2.45) is 5.92 Å². The van der Waals surface area contributed by atoms with Crippen molar-refractivity contribution in [3.05, 3.63) is 41.6 Å². The zero-order chi connectivity index (χ0) is 16.6. The van der Waals surface area contributed by atoms with Crippen LogP contribution in [0.15, 0.2) is 30.3 Å². The summed E-state index contributed by atoms with van der Waals surface area (Å²) in [6.07, 6.45) is 1.35. The van der Waals surface area contributed by atoms with E-state index in [4.69, 9.17) is 0 Å². The molecule has 0 spiro atoms. The Kier molecular flexibility index (Phi) is 4.03. The topological polar surface area (TPSA) is 70.5 Å². The summed E-state index contributed by atoms with van der Waals surface area (Å²) in [6.45, 7) is 4.18. The number of carboxylic acid groups (broad SMARTS) is 1. The van der Waals surface area contributed by atoms with Gasteiger partial charge in [-0.05, 0) is 51.0 Å². The Labute approximate surface area is 134 Å². The zero-order valence-corrected chi connectivity index (χ0v) is 13.3. The molecule has 1 N–H and O–H groups in total. The van der Waals surface area contributed by atoms with Crippen LogP contribution in [0.4, 0.5) is 0 Å². The number of likely N-dealkylation sites (tertiary alicyclic amines) is 1. The van der Waals surface area contributed by atoms with E-state index < -0.39 is 11.9 Å².